The van der Waals surface area contributed by atoms with E-state index in [0.29, 0.717) is 23.2 Å². The molecule has 1 atom stereocenters. The van der Waals surface area contributed by atoms with Gasteiger partial charge in [-0.2, -0.15) is 0 Å². The summed E-state index contributed by atoms with van der Waals surface area (Å²) >= 11 is 1.46. The average molecular weight is 331 g/mol. The largest absolute Gasteiger partial charge is 0.484 e. The third-order valence-electron chi connectivity index (χ3n) is 3.51. The first-order chi connectivity index (χ1) is 11.1. The molecule has 120 valence electrons. The van der Waals surface area contributed by atoms with Gasteiger partial charge >= 0.3 is 5.97 Å². The first-order valence-electron chi connectivity index (χ1n) is 7.25. The molecule has 6 nitrogen and oxygen atoms in total. The molecule has 1 aliphatic heterocycles. The number of hydrogen-bond donors (Lipinski definition) is 1. The van der Waals surface area contributed by atoms with Crippen molar-refractivity contribution in [1.82, 2.24) is 9.97 Å². The highest BCUT2D eigenvalue weighted by atomic mass is 32.2. The van der Waals surface area contributed by atoms with Crippen LogP contribution in [0, 0.1) is 0 Å². The number of nitrogen functional groups attached to an aromatic ring is 1. The summed E-state index contributed by atoms with van der Waals surface area (Å²) in [7, 11) is 0. The monoisotopic (exact) mass is 331 g/mol. The van der Waals surface area contributed by atoms with Crippen LogP contribution in [-0.4, -0.2) is 28.8 Å². The summed E-state index contributed by atoms with van der Waals surface area (Å²) in [5.41, 5.74) is 8.86. The van der Waals surface area contributed by atoms with Crippen LogP contribution in [0.1, 0.15) is 25.0 Å². The lowest BCUT2D eigenvalue weighted by Crippen LogP contribution is -2.20. The van der Waals surface area contributed by atoms with Crippen molar-refractivity contribution in [3.63, 3.8) is 0 Å². The maximum atomic E-state index is 11.8. The predicted molar refractivity (Wildman–Crippen MR) is 88.3 cm³/mol. The molecule has 1 unspecified atom stereocenters. The summed E-state index contributed by atoms with van der Waals surface area (Å²) in [4.78, 5) is 20.7. The Labute approximate surface area is 138 Å². The zero-order chi connectivity index (χ0) is 16.4. The summed E-state index contributed by atoms with van der Waals surface area (Å²) in [5, 5.41) is 0.661. The Balaban J connectivity index is 2.05. The number of nitrogens with two attached hydrogens (primary N) is 1. The van der Waals surface area contributed by atoms with Gasteiger partial charge in [0.25, 0.3) is 0 Å². The molecule has 23 heavy (non-hydrogen) atoms. The van der Waals surface area contributed by atoms with E-state index in [2.05, 4.69) is 9.97 Å². The van der Waals surface area contributed by atoms with Gasteiger partial charge in [-0.1, -0.05) is 11.8 Å². The van der Waals surface area contributed by atoms with E-state index >= 15 is 0 Å². The zero-order valence-corrected chi connectivity index (χ0v) is 13.7. The highest BCUT2D eigenvalue weighted by Crippen LogP contribution is 2.43. The van der Waals surface area contributed by atoms with Crippen LogP contribution in [0.2, 0.25) is 0 Å². The van der Waals surface area contributed by atoms with E-state index in [0.717, 1.165) is 16.8 Å². The standard InChI is InChI=1S/C16H17N3O3S/c1-3-21-14(20)7-13-11-8-18-16(23-2)19-15(11)10-6-9(17)4-5-12(10)22-13/h4-6,8,13H,3,7,17H2,1-2H3. The fourth-order valence-electron chi connectivity index (χ4n) is 2.50. The maximum absolute atomic E-state index is 11.8. The molecule has 2 aromatic rings. The SMILES string of the molecule is CCOC(=O)CC1Oc2ccc(N)cc2-c2nc(SC)ncc21. The lowest BCUT2D eigenvalue weighted by atomic mass is 9.97. The number of fused-ring (bicyclic) bond motifs is 3. The van der Waals surface area contributed by atoms with Crippen LogP contribution in [0.3, 0.4) is 0 Å². The van der Waals surface area contributed by atoms with Gasteiger partial charge in [0.2, 0.25) is 0 Å². The van der Waals surface area contributed by atoms with Crippen molar-refractivity contribution >= 4 is 23.4 Å². The van der Waals surface area contributed by atoms with Crippen LogP contribution in [-0.2, 0) is 9.53 Å². The maximum Gasteiger partial charge on any atom is 0.309 e. The van der Waals surface area contributed by atoms with Crippen molar-refractivity contribution < 1.29 is 14.3 Å². The number of nitrogens with zero attached hydrogens (tertiary/aromatic N) is 2. The van der Waals surface area contributed by atoms with E-state index < -0.39 is 6.10 Å². The summed E-state index contributed by atoms with van der Waals surface area (Å²) in [6.07, 6.45) is 3.28. The third kappa shape index (κ3) is 3.10. The average Bonchev–Trinajstić information content (AvgIpc) is 2.55. The van der Waals surface area contributed by atoms with Crippen LogP contribution >= 0.6 is 11.8 Å². The highest BCUT2D eigenvalue weighted by molar-refractivity contribution is 7.98. The van der Waals surface area contributed by atoms with Gasteiger partial charge in [0.05, 0.1) is 18.7 Å². The number of carbonyl (C=O) groups is 1. The second kappa shape index (κ2) is 6.45. The van der Waals surface area contributed by atoms with E-state index in [4.69, 9.17) is 15.2 Å². The molecule has 0 spiro atoms. The quantitative estimate of drug-likeness (QED) is 0.399. The van der Waals surface area contributed by atoms with Gasteiger partial charge in [0.1, 0.15) is 11.9 Å². The molecule has 7 heteroatoms. The first-order valence-corrected chi connectivity index (χ1v) is 8.48. The van der Waals surface area contributed by atoms with Gasteiger partial charge in [-0.25, -0.2) is 9.97 Å². The number of rotatable bonds is 4. The molecule has 0 saturated carbocycles. The number of ether oxygens (including phenoxy) is 2. The van der Waals surface area contributed by atoms with Crippen LogP contribution in [0.5, 0.6) is 5.75 Å². The smallest absolute Gasteiger partial charge is 0.309 e. The van der Waals surface area contributed by atoms with Gasteiger partial charge in [-0.3, -0.25) is 4.79 Å². The van der Waals surface area contributed by atoms with E-state index in [9.17, 15) is 4.79 Å². The summed E-state index contributed by atoms with van der Waals surface area (Å²) in [5.74, 6) is 0.350. The van der Waals surface area contributed by atoms with Crippen molar-refractivity contribution in [3.8, 4) is 17.0 Å². The Morgan fingerprint density at radius 1 is 1.48 bits per heavy atom. The van der Waals surface area contributed by atoms with Gasteiger partial charge in [0, 0.05) is 23.0 Å². The minimum Gasteiger partial charge on any atom is -0.484 e. The molecule has 1 aromatic carbocycles. The zero-order valence-electron chi connectivity index (χ0n) is 12.9. The molecular formula is C16H17N3O3S. The minimum absolute atomic E-state index is 0.118. The van der Waals surface area contributed by atoms with Gasteiger partial charge in [-0.05, 0) is 31.4 Å². The predicted octanol–water partition coefficient (Wildman–Crippen LogP) is 2.83. The van der Waals surface area contributed by atoms with E-state index in [1.54, 1.807) is 25.3 Å². The molecular weight excluding hydrogens is 314 g/mol. The topological polar surface area (TPSA) is 87.3 Å². The summed E-state index contributed by atoms with van der Waals surface area (Å²) < 4.78 is 11.0. The molecule has 3 rings (SSSR count). The third-order valence-corrected chi connectivity index (χ3v) is 4.07. The highest BCUT2D eigenvalue weighted by Gasteiger charge is 2.30. The Morgan fingerprint density at radius 2 is 2.30 bits per heavy atom. The van der Waals surface area contributed by atoms with Gasteiger partial charge in [0.15, 0.2) is 5.16 Å². The van der Waals surface area contributed by atoms with Crippen LogP contribution in [0.4, 0.5) is 5.69 Å². The fourth-order valence-corrected chi connectivity index (χ4v) is 2.84. The minimum atomic E-state index is -0.462. The molecule has 0 aliphatic carbocycles. The van der Waals surface area contributed by atoms with Crippen molar-refractivity contribution in [2.24, 2.45) is 0 Å². The number of carbonyl (C=O) groups excluding carboxylic acids is 1. The van der Waals surface area contributed by atoms with Gasteiger partial charge < -0.3 is 15.2 Å². The Bertz CT molecular complexity index is 751. The lowest BCUT2D eigenvalue weighted by molar-refractivity contribution is -0.145. The molecule has 2 N–H and O–H groups in total. The molecule has 1 aromatic heterocycles. The molecule has 1 aliphatic rings. The molecule has 0 saturated heterocycles. The molecule has 0 fully saturated rings. The number of anilines is 1. The van der Waals surface area contributed by atoms with Crippen molar-refractivity contribution in [2.45, 2.75) is 24.6 Å². The van der Waals surface area contributed by atoms with E-state index in [-0.39, 0.29) is 12.4 Å². The Morgan fingerprint density at radius 3 is 3.04 bits per heavy atom. The van der Waals surface area contributed by atoms with Crippen LogP contribution < -0.4 is 10.5 Å². The number of esters is 1. The Kier molecular flexibility index (Phi) is 4.38. The van der Waals surface area contributed by atoms with Crippen molar-refractivity contribution in [3.05, 3.63) is 30.0 Å². The van der Waals surface area contributed by atoms with Crippen LogP contribution in [0.25, 0.3) is 11.3 Å². The number of thioether (sulfide) groups is 1. The molecule has 2 heterocycles. The molecule has 0 radical (unpaired) electrons. The molecule has 0 bridgehead atoms. The van der Waals surface area contributed by atoms with Crippen molar-refractivity contribution in [2.75, 3.05) is 18.6 Å². The molecule has 0 amide bonds. The second-order valence-electron chi connectivity index (χ2n) is 5.03. The first kappa shape index (κ1) is 15.6. The van der Waals surface area contributed by atoms with Crippen LogP contribution in [0.15, 0.2) is 29.6 Å². The number of aromatic nitrogens is 2. The van der Waals surface area contributed by atoms with E-state index in [1.165, 1.54) is 11.8 Å². The van der Waals surface area contributed by atoms with Crippen molar-refractivity contribution in [1.29, 1.82) is 0 Å². The summed E-state index contributed by atoms with van der Waals surface area (Å²) in [6.45, 7) is 2.12. The number of benzene rings is 1. The summed E-state index contributed by atoms with van der Waals surface area (Å²) in [6, 6.07) is 5.39. The lowest BCUT2D eigenvalue weighted by Gasteiger charge is -2.27. The Hall–Kier alpha value is -2.28. The van der Waals surface area contributed by atoms with E-state index in [1.807, 2.05) is 12.3 Å². The fraction of sp³-hybridized carbons (Fsp3) is 0.312. The second-order valence-corrected chi connectivity index (χ2v) is 5.81. The normalized spacial score (nSPS) is 15.3. The van der Waals surface area contributed by atoms with Gasteiger partial charge in [-0.15, -0.1) is 0 Å². The number of hydrogen-bond acceptors (Lipinski definition) is 7.